The van der Waals surface area contributed by atoms with E-state index in [0.717, 1.165) is 6.07 Å². The van der Waals surface area contributed by atoms with Crippen LogP contribution in [0.4, 0.5) is 11.4 Å². The second kappa shape index (κ2) is 8.38. The maximum Gasteiger partial charge on any atom is 0.339 e. The largest absolute Gasteiger partial charge is 0.507 e. The molecule has 1 amide bonds. The van der Waals surface area contributed by atoms with Gasteiger partial charge in [-0.3, -0.25) is 9.35 Å². The summed E-state index contributed by atoms with van der Waals surface area (Å²) >= 11 is 0. The number of carbonyl (C=O) groups is 2. The molecule has 0 aliphatic carbocycles. The number of rotatable bonds is 7. The van der Waals surface area contributed by atoms with E-state index >= 15 is 0 Å². The number of phenols is 1. The third kappa shape index (κ3) is 6.17. The summed E-state index contributed by atoms with van der Waals surface area (Å²) < 4.78 is 29.8. The summed E-state index contributed by atoms with van der Waals surface area (Å²) in [4.78, 5) is 22.8. The Morgan fingerprint density at radius 2 is 1.59 bits per heavy atom. The minimum Gasteiger partial charge on any atom is -0.507 e. The number of nitrogens with one attached hydrogen (secondary N) is 1. The monoisotopic (exact) mass is 393 g/mol. The lowest BCUT2D eigenvalue weighted by atomic mass is 10.2. The number of carbonyl (C=O) groups excluding carboxylic acids is 1. The molecule has 2 aromatic rings. The number of carboxylic acids is 1. The minimum atomic E-state index is -4.15. The highest BCUT2D eigenvalue weighted by atomic mass is 32.2. The minimum absolute atomic E-state index is 0.220. The third-order valence-electron chi connectivity index (χ3n) is 3.27. The van der Waals surface area contributed by atoms with Crippen molar-refractivity contribution < 1.29 is 32.8 Å². The molecule has 0 aliphatic rings. The van der Waals surface area contributed by atoms with E-state index in [9.17, 15) is 23.1 Å². The molecule has 0 bridgehead atoms. The Hall–Kier alpha value is -3.31. The van der Waals surface area contributed by atoms with Gasteiger partial charge >= 0.3 is 5.97 Å². The number of carboxylic acid groups (broad SMARTS) is 1. The maximum atomic E-state index is 11.8. The number of amides is 1. The van der Waals surface area contributed by atoms with Crippen molar-refractivity contribution in [3.8, 4) is 5.75 Å². The predicted molar refractivity (Wildman–Crippen MR) is 94.4 cm³/mol. The molecule has 2 rings (SSSR count). The van der Waals surface area contributed by atoms with E-state index in [-0.39, 0.29) is 29.1 Å². The number of aromatic hydroxyl groups is 1. The molecule has 0 radical (unpaired) electrons. The van der Waals surface area contributed by atoms with E-state index in [0.29, 0.717) is 5.69 Å². The van der Waals surface area contributed by atoms with Crippen molar-refractivity contribution in [2.45, 2.75) is 0 Å². The quantitative estimate of drug-likeness (QED) is 0.413. The number of benzene rings is 2. The van der Waals surface area contributed by atoms with E-state index < -0.39 is 27.7 Å². The van der Waals surface area contributed by atoms with Crippen LogP contribution in [0.25, 0.3) is 0 Å². The van der Waals surface area contributed by atoms with Gasteiger partial charge in [-0.25, -0.2) is 4.79 Å². The Kier molecular flexibility index (Phi) is 6.21. The number of hydrogen-bond acceptors (Lipinski definition) is 7. The van der Waals surface area contributed by atoms with Crippen LogP contribution in [-0.2, 0) is 10.1 Å². The van der Waals surface area contributed by atoms with Crippen molar-refractivity contribution in [1.29, 1.82) is 0 Å². The van der Waals surface area contributed by atoms with Crippen molar-refractivity contribution in [3.63, 3.8) is 0 Å². The fourth-order valence-corrected chi connectivity index (χ4v) is 2.31. The average Bonchev–Trinajstić information content (AvgIpc) is 2.60. The molecule has 0 saturated heterocycles. The number of azo groups is 1. The van der Waals surface area contributed by atoms with Crippen molar-refractivity contribution in [2.24, 2.45) is 10.2 Å². The molecule has 0 unspecified atom stereocenters. The first-order valence-corrected chi connectivity index (χ1v) is 9.08. The predicted octanol–water partition coefficient (Wildman–Crippen LogP) is 2.12. The highest BCUT2D eigenvalue weighted by molar-refractivity contribution is 7.85. The van der Waals surface area contributed by atoms with Crippen LogP contribution in [0.15, 0.2) is 52.7 Å². The van der Waals surface area contributed by atoms with Gasteiger partial charge in [-0.05, 0) is 42.5 Å². The molecule has 0 fully saturated rings. The van der Waals surface area contributed by atoms with Crippen molar-refractivity contribution in [3.05, 3.63) is 53.6 Å². The first kappa shape index (κ1) is 20.0. The fourth-order valence-electron chi connectivity index (χ4n) is 1.95. The molecule has 11 heteroatoms. The molecule has 0 aromatic heterocycles. The van der Waals surface area contributed by atoms with Gasteiger partial charge in [0.1, 0.15) is 11.3 Å². The van der Waals surface area contributed by atoms with E-state index in [4.69, 9.17) is 9.66 Å². The molecule has 0 saturated carbocycles. The van der Waals surface area contributed by atoms with Crippen molar-refractivity contribution >= 4 is 33.4 Å². The molecule has 27 heavy (non-hydrogen) atoms. The van der Waals surface area contributed by atoms with Crippen LogP contribution >= 0.6 is 0 Å². The Morgan fingerprint density at radius 3 is 2.19 bits per heavy atom. The highest BCUT2D eigenvalue weighted by Crippen LogP contribution is 2.25. The maximum absolute atomic E-state index is 11.8. The Morgan fingerprint density at radius 1 is 1.00 bits per heavy atom. The van der Waals surface area contributed by atoms with Crippen LogP contribution < -0.4 is 5.32 Å². The first-order chi connectivity index (χ1) is 12.7. The number of nitrogens with zero attached hydrogens (tertiary/aromatic N) is 2. The Bertz CT molecular complexity index is 986. The molecule has 4 N–H and O–H groups in total. The smallest absolute Gasteiger partial charge is 0.339 e. The number of hydrogen-bond donors (Lipinski definition) is 4. The summed E-state index contributed by atoms with van der Waals surface area (Å²) in [7, 11) is -4.15. The summed E-state index contributed by atoms with van der Waals surface area (Å²) in [5.41, 5.74) is 0.553. The summed E-state index contributed by atoms with van der Waals surface area (Å²) in [6.45, 7) is -0.230. The molecule has 10 nitrogen and oxygen atoms in total. The van der Waals surface area contributed by atoms with E-state index in [2.05, 4.69) is 15.5 Å². The van der Waals surface area contributed by atoms with Gasteiger partial charge in [-0.2, -0.15) is 18.6 Å². The van der Waals surface area contributed by atoms with Gasteiger partial charge in [0, 0.05) is 12.1 Å². The second-order valence-corrected chi connectivity index (χ2v) is 6.87. The molecule has 0 spiro atoms. The van der Waals surface area contributed by atoms with Gasteiger partial charge in [-0.15, -0.1) is 0 Å². The van der Waals surface area contributed by atoms with Crippen LogP contribution in [0.5, 0.6) is 5.75 Å². The van der Waals surface area contributed by atoms with Gasteiger partial charge < -0.3 is 15.5 Å². The molecule has 0 atom stereocenters. The molecule has 2 aromatic carbocycles. The summed E-state index contributed by atoms with van der Waals surface area (Å²) in [6.07, 6.45) is 0. The van der Waals surface area contributed by atoms with Gasteiger partial charge in [0.05, 0.1) is 17.1 Å². The zero-order valence-electron chi connectivity index (χ0n) is 13.7. The standard InChI is InChI=1S/C16H15N3O7S/c20-14-6-5-12(9-13(14)16(22)23)19-18-11-3-1-10(2-4-11)15(21)17-7-8-27(24,25)26/h1-6,9,20H,7-8H2,(H,17,21)(H,22,23)(H,24,25,26)/b19-18+. The normalized spacial score (nSPS) is 11.4. The highest BCUT2D eigenvalue weighted by Gasteiger charge is 2.10. The Balaban J connectivity index is 2.03. The van der Waals surface area contributed by atoms with Crippen LogP contribution in [0.1, 0.15) is 20.7 Å². The van der Waals surface area contributed by atoms with Gasteiger partial charge in [0.15, 0.2) is 0 Å². The lowest BCUT2D eigenvalue weighted by Crippen LogP contribution is -2.28. The van der Waals surface area contributed by atoms with Crippen LogP contribution in [-0.4, -0.2) is 47.4 Å². The van der Waals surface area contributed by atoms with Gasteiger partial charge in [0.2, 0.25) is 0 Å². The fraction of sp³-hybridized carbons (Fsp3) is 0.125. The molecule has 0 aliphatic heterocycles. The van der Waals surface area contributed by atoms with E-state index in [1.54, 1.807) is 0 Å². The van der Waals surface area contributed by atoms with Crippen LogP contribution in [0.2, 0.25) is 0 Å². The lowest BCUT2D eigenvalue weighted by molar-refractivity contribution is 0.0693. The zero-order chi connectivity index (χ0) is 20.0. The van der Waals surface area contributed by atoms with Gasteiger partial charge in [0.25, 0.3) is 16.0 Å². The first-order valence-electron chi connectivity index (χ1n) is 7.47. The Labute approximate surface area is 153 Å². The average molecular weight is 393 g/mol. The lowest BCUT2D eigenvalue weighted by Gasteiger charge is -2.04. The summed E-state index contributed by atoms with van der Waals surface area (Å²) in [5.74, 6) is -2.79. The molecule has 142 valence electrons. The molecular formula is C16H15N3O7S. The van der Waals surface area contributed by atoms with Crippen LogP contribution in [0.3, 0.4) is 0 Å². The number of aromatic carboxylic acids is 1. The van der Waals surface area contributed by atoms with Gasteiger partial charge in [-0.1, -0.05) is 0 Å². The molecular weight excluding hydrogens is 378 g/mol. The third-order valence-corrected chi connectivity index (χ3v) is 3.99. The topological polar surface area (TPSA) is 166 Å². The summed E-state index contributed by atoms with van der Waals surface area (Å²) in [6, 6.07) is 9.60. The van der Waals surface area contributed by atoms with Crippen molar-refractivity contribution in [2.75, 3.05) is 12.3 Å². The van der Waals surface area contributed by atoms with Crippen molar-refractivity contribution in [1.82, 2.24) is 5.32 Å². The summed E-state index contributed by atoms with van der Waals surface area (Å²) in [5, 5.41) is 28.5. The van der Waals surface area contributed by atoms with E-state index in [1.165, 1.54) is 36.4 Å². The van der Waals surface area contributed by atoms with Crippen LogP contribution in [0, 0.1) is 0 Å². The SMILES string of the molecule is O=C(NCCS(=O)(=O)O)c1ccc(/N=N/c2ccc(O)c(C(=O)O)c2)cc1. The molecule has 0 heterocycles. The van der Waals surface area contributed by atoms with E-state index in [1.807, 2.05) is 0 Å². The second-order valence-electron chi connectivity index (χ2n) is 5.30. The zero-order valence-corrected chi connectivity index (χ0v) is 14.5.